The van der Waals surface area contributed by atoms with Gasteiger partial charge in [-0.3, -0.25) is 4.79 Å². The van der Waals surface area contributed by atoms with Crippen molar-refractivity contribution in [3.63, 3.8) is 0 Å². The third-order valence-corrected chi connectivity index (χ3v) is 2.62. The number of hydrogen-bond acceptors (Lipinski definition) is 3. The Morgan fingerprint density at radius 1 is 1.35 bits per heavy atom. The predicted octanol–water partition coefficient (Wildman–Crippen LogP) is 3.14. The Hall–Kier alpha value is -1.56. The lowest BCUT2D eigenvalue weighted by Gasteiger charge is -2.09. The summed E-state index contributed by atoms with van der Waals surface area (Å²) < 4.78 is 42.3. The molecule has 1 rings (SSSR count). The standard InChI is InChI=1S/C14H18F3NO2/c1-2-20-13(19)7-4-8-18-10-11-5-3-6-12(9-11)14(15,16)17/h3,5-6,9,18H,2,4,7-8,10H2,1H3. The van der Waals surface area contributed by atoms with E-state index in [9.17, 15) is 18.0 Å². The van der Waals surface area contributed by atoms with Crippen molar-refractivity contribution in [2.24, 2.45) is 0 Å². The highest BCUT2D eigenvalue weighted by molar-refractivity contribution is 5.69. The van der Waals surface area contributed by atoms with Gasteiger partial charge in [0.05, 0.1) is 12.2 Å². The lowest BCUT2D eigenvalue weighted by molar-refractivity contribution is -0.143. The minimum atomic E-state index is -4.32. The van der Waals surface area contributed by atoms with Gasteiger partial charge in [-0.15, -0.1) is 0 Å². The van der Waals surface area contributed by atoms with Crippen molar-refractivity contribution in [3.05, 3.63) is 35.4 Å². The van der Waals surface area contributed by atoms with Crippen LogP contribution in [0.15, 0.2) is 24.3 Å². The number of ether oxygens (including phenoxy) is 1. The summed E-state index contributed by atoms with van der Waals surface area (Å²) in [5.74, 6) is -0.256. The average Bonchev–Trinajstić information content (AvgIpc) is 2.38. The molecule has 1 aromatic carbocycles. The molecule has 1 N–H and O–H groups in total. The highest BCUT2D eigenvalue weighted by Crippen LogP contribution is 2.29. The smallest absolute Gasteiger partial charge is 0.416 e. The molecule has 0 aliphatic rings. The first-order chi connectivity index (χ1) is 9.43. The highest BCUT2D eigenvalue weighted by Gasteiger charge is 2.30. The maximum atomic E-state index is 12.5. The second-order valence-electron chi connectivity index (χ2n) is 4.28. The molecule has 6 heteroatoms. The van der Waals surface area contributed by atoms with Gasteiger partial charge >= 0.3 is 12.1 Å². The fourth-order valence-electron chi connectivity index (χ4n) is 1.68. The Bertz CT molecular complexity index is 433. The van der Waals surface area contributed by atoms with Gasteiger partial charge in [-0.1, -0.05) is 18.2 Å². The predicted molar refractivity (Wildman–Crippen MR) is 69.0 cm³/mol. The topological polar surface area (TPSA) is 38.3 Å². The lowest BCUT2D eigenvalue weighted by atomic mass is 10.1. The molecule has 0 aliphatic heterocycles. The molecule has 0 amide bonds. The Morgan fingerprint density at radius 2 is 2.10 bits per heavy atom. The quantitative estimate of drug-likeness (QED) is 0.619. The van der Waals surface area contributed by atoms with E-state index >= 15 is 0 Å². The monoisotopic (exact) mass is 289 g/mol. The van der Waals surface area contributed by atoms with Gasteiger partial charge in [0.25, 0.3) is 0 Å². The van der Waals surface area contributed by atoms with Crippen molar-refractivity contribution in [1.29, 1.82) is 0 Å². The summed E-state index contributed by atoms with van der Waals surface area (Å²) in [6, 6.07) is 5.19. The van der Waals surface area contributed by atoms with Gasteiger partial charge < -0.3 is 10.1 Å². The molecule has 0 fully saturated rings. The molecule has 0 atom stereocenters. The first-order valence-electron chi connectivity index (χ1n) is 6.46. The molecule has 0 saturated carbocycles. The lowest BCUT2D eigenvalue weighted by Crippen LogP contribution is -2.17. The van der Waals surface area contributed by atoms with E-state index in [2.05, 4.69) is 5.32 Å². The van der Waals surface area contributed by atoms with Gasteiger partial charge in [0.15, 0.2) is 0 Å². The fraction of sp³-hybridized carbons (Fsp3) is 0.500. The van der Waals surface area contributed by atoms with E-state index < -0.39 is 11.7 Å². The molecule has 0 saturated heterocycles. The number of esters is 1. The van der Waals surface area contributed by atoms with Crippen molar-refractivity contribution in [3.8, 4) is 0 Å². The van der Waals surface area contributed by atoms with E-state index in [0.29, 0.717) is 38.1 Å². The highest BCUT2D eigenvalue weighted by atomic mass is 19.4. The summed E-state index contributed by atoms with van der Waals surface area (Å²) >= 11 is 0. The van der Waals surface area contributed by atoms with Crippen LogP contribution in [-0.2, 0) is 22.3 Å². The molecule has 3 nitrogen and oxygen atoms in total. The average molecular weight is 289 g/mol. The van der Waals surface area contributed by atoms with Crippen LogP contribution in [0.4, 0.5) is 13.2 Å². The minimum Gasteiger partial charge on any atom is -0.466 e. The number of rotatable bonds is 7. The van der Waals surface area contributed by atoms with E-state index in [0.717, 1.165) is 12.1 Å². The maximum absolute atomic E-state index is 12.5. The van der Waals surface area contributed by atoms with Crippen molar-refractivity contribution in [2.45, 2.75) is 32.5 Å². The molecular weight excluding hydrogens is 271 g/mol. The number of carbonyl (C=O) groups is 1. The molecule has 0 unspecified atom stereocenters. The zero-order valence-electron chi connectivity index (χ0n) is 11.3. The van der Waals surface area contributed by atoms with Crippen LogP contribution in [0.3, 0.4) is 0 Å². The van der Waals surface area contributed by atoms with Gasteiger partial charge in [-0.2, -0.15) is 13.2 Å². The number of benzene rings is 1. The van der Waals surface area contributed by atoms with Crippen molar-refractivity contribution < 1.29 is 22.7 Å². The third-order valence-electron chi connectivity index (χ3n) is 2.62. The van der Waals surface area contributed by atoms with Crippen LogP contribution < -0.4 is 5.32 Å². The molecule has 0 aromatic heterocycles. The second kappa shape index (κ2) is 7.89. The van der Waals surface area contributed by atoms with Gasteiger partial charge in [0.1, 0.15) is 0 Å². The van der Waals surface area contributed by atoms with Gasteiger partial charge in [0, 0.05) is 13.0 Å². The van der Waals surface area contributed by atoms with E-state index in [1.54, 1.807) is 13.0 Å². The maximum Gasteiger partial charge on any atom is 0.416 e. The first kappa shape index (κ1) is 16.5. The second-order valence-corrected chi connectivity index (χ2v) is 4.28. The fourth-order valence-corrected chi connectivity index (χ4v) is 1.68. The summed E-state index contributed by atoms with van der Waals surface area (Å²) in [7, 11) is 0. The number of nitrogens with one attached hydrogen (secondary N) is 1. The molecular formula is C14H18F3NO2. The van der Waals surface area contributed by atoms with Crippen LogP contribution in [0.5, 0.6) is 0 Å². The summed E-state index contributed by atoms with van der Waals surface area (Å²) in [4.78, 5) is 11.1. The Morgan fingerprint density at radius 3 is 2.75 bits per heavy atom. The number of hydrogen-bond donors (Lipinski definition) is 1. The van der Waals surface area contributed by atoms with Crippen molar-refractivity contribution >= 4 is 5.97 Å². The van der Waals surface area contributed by atoms with Crippen LogP contribution in [0.1, 0.15) is 30.9 Å². The summed E-state index contributed by atoms with van der Waals surface area (Å²) in [6.07, 6.45) is -3.42. The van der Waals surface area contributed by atoms with E-state index in [1.165, 1.54) is 6.07 Å². The SMILES string of the molecule is CCOC(=O)CCCNCc1cccc(C(F)(F)F)c1. The molecule has 0 radical (unpaired) electrons. The zero-order chi connectivity index (χ0) is 15.0. The molecule has 0 aliphatic carbocycles. The first-order valence-corrected chi connectivity index (χ1v) is 6.46. The van der Waals surface area contributed by atoms with Crippen LogP contribution in [0, 0.1) is 0 Å². The van der Waals surface area contributed by atoms with Gasteiger partial charge in [0.2, 0.25) is 0 Å². The molecule has 20 heavy (non-hydrogen) atoms. The Labute approximate surface area is 116 Å². The molecule has 112 valence electrons. The Balaban J connectivity index is 2.31. The minimum absolute atomic E-state index is 0.256. The molecule has 1 aromatic rings. The van der Waals surface area contributed by atoms with E-state index in [1.807, 2.05) is 0 Å². The summed E-state index contributed by atoms with van der Waals surface area (Å²) in [5, 5.41) is 3.00. The van der Waals surface area contributed by atoms with Crippen molar-refractivity contribution in [1.82, 2.24) is 5.32 Å². The Kier molecular flexibility index (Phi) is 6.51. The molecule has 0 heterocycles. The number of alkyl halides is 3. The molecule has 0 spiro atoms. The van der Waals surface area contributed by atoms with Crippen molar-refractivity contribution in [2.75, 3.05) is 13.2 Å². The van der Waals surface area contributed by atoms with E-state index in [-0.39, 0.29) is 5.97 Å². The normalized spacial score (nSPS) is 11.4. The van der Waals surface area contributed by atoms with Crippen LogP contribution in [0.25, 0.3) is 0 Å². The largest absolute Gasteiger partial charge is 0.466 e. The number of halogens is 3. The van der Waals surface area contributed by atoms with Crippen LogP contribution in [-0.4, -0.2) is 19.1 Å². The third kappa shape index (κ3) is 6.06. The number of carbonyl (C=O) groups excluding carboxylic acids is 1. The van der Waals surface area contributed by atoms with Crippen LogP contribution >= 0.6 is 0 Å². The van der Waals surface area contributed by atoms with E-state index in [4.69, 9.17) is 4.74 Å². The summed E-state index contributed by atoms with van der Waals surface area (Å²) in [6.45, 7) is 2.99. The van der Waals surface area contributed by atoms with Gasteiger partial charge in [-0.25, -0.2) is 0 Å². The zero-order valence-corrected chi connectivity index (χ0v) is 11.3. The summed E-state index contributed by atoms with van der Waals surface area (Å²) in [5.41, 5.74) is -0.0840. The van der Waals surface area contributed by atoms with Gasteiger partial charge in [-0.05, 0) is 31.5 Å². The van der Waals surface area contributed by atoms with Crippen LogP contribution in [0.2, 0.25) is 0 Å². The molecule has 0 bridgehead atoms.